The molecule has 2 atom stereocenters. The monoisotopic (exact) mass is 417 g/mol. The minimum atomic E-state index is -3.07. The molecule has 2 rings (SSSR count). The van der Waals surface area contributed by atoms with Gasteiger partial charge in [0.25, 0.3) is 5.91 Å². The van der Waals surface area contributed by atoms with Crippen LogP contribution >= 0.6 is 11.6 Å². The van der Waals surface area contributed by atoms with Gasteiger partial charge in [0.05, 0.1) is 23.2 Å². The summed E-state index contributed by atoms with van der Waals surface area (Å²) in [6.07, 6.45) is 3.87. The molecule has 1 aliphatic heterocycles. The summed E-state index contributed by atoms with van der Waals surface area (Å²) in [7, 11) is -3.07. The maximum absolute atomic E-state index is 11.8. The molecule has 1 fully saturated rings. The van der Waals surface area contributed by atoms with E-state index in [0.29, 0.717) is 17.7 Å². The van der Waals surface area contributed by atoms with Crippen molar-refractivity contribution in [3.63, 3.8) is 0 Å². The molecule has 8 nitrogen and oxygen atoms in total. The quantitative estimate of drug-likeness (QED) is 0.534. The van der Waals surface area contributed by atoms with E-state index >= 15 is 0 Å². The molecule has 1 amide bonds. The smallest absolute Gasteiger partial charge is 0.331 e. The van der Waals surface area contributed by atoms with Crippen molar-refractivity contribution in [3.05, 3.63) is 22.5 Å². The zero-order valence-electron chi connectivity index (χ0n) is 15.6. The first-order chi connectivity index (χ1) is 12.6. The van der Waals surface area contributed by atoms with Gasteiger partial charge in [-0.15, -0.1) is 0 Å². The van der Waals surface area contributed by atoms with E-state index in [9.17, 15) is 18.0 Å². The fourth-order valence-corrected chi connectivity index (χ4v) is 4.75. The number of nitrogens with zero attached hydrogens (tertiary/aromatic N) is 2. The summed E-state index contributed by atoms with van der Waals surface area (Å²) in [6.45, 7) is 5.15. The van der Waals surface area contributed by atoms with Crippen LogP contribution in [0, 0.1) is 6.92 Å². The normalized spacial score (nSPS) is 19.9. The number of hydrogen-bond donors (Lipinski definition) is 1. The summed E-state index contributed by atoms with van der Waals surface area (Å²) in [6, 6.07) is -0.294. The second-order valence-corrected chi connectivity index (χ2v) is 9.20. The molecule has 1 N–H and O–H groups in total. The Morgan fingerprint density at radius 1 is 1.48 bits per heavy atom. The molecule has 2 heterocycles. The molecule has 0 spiro atoms. The Balaban J connectivity index is 1.99. The van der Waals surface area contributed by atoms with Gasteiger partial charge in [-0.1, -0.05) is 18.5 Å². The number of hydrogen-bond acceptors (Lipinski definition) is 6. The third kappa shape index (κ3) is 5.80. The van der Waals surface area contributed by atoms with Crippen LogP contribution in [-0.2, 0) is 24.2 Å². The Labute approximate surface area is 163 Å². The van der Waals surface area contributed by atoms with Crippen LogP contribution in [-0.4, -0.2) is 54.2 Å². The van der Waals surface area contributed by atoms with Gasteiger partial charge in [-0.25, -0.2) is 17.9 Å². The lowest BCUT2D eigenvalue weighted by Crippen LogP contribution is -2.35. The Morgan fingerprint density at radius 3 is 2.78 bits per heavy atom. The molecule has 0 bridgehead atoms. The number of aryl methyl sites for hydroxylation is 1. The maximum atomic E-state index is 11.8. The molecule has 10 heteroatoms. The Kier molecular flexibility index (Phi) is 7.05. The molecule has 0 aromatic carbocycles. The number of carbonyl (C=O) groups is 2. The lowest BCUT2D eigenvalue weighted by molar-refractivity contribution is -0.144. The zero-order chi connectivity index (χ0) is 20.2. The lowest BCUT2D eigenvalue weighted by atomic mass is 10.2. The first-order valence-corrected chi connectivity index (χ1v) is 10.9. The first kappa shape index (κ1) is 21.4. The minimum absolute atomic E-state index is 0.00430. The van der Waals surface area contributed by atoms with Crippen LogP contribution in [0.3, 0.4) is 0 Å². The average molecular weight is 418 g/mol. The Bertz CT molecular complexity index is 847. The van der Waals surface area contributed by atoms with Gasteiger partial charge in [0, 0.05) is 17.7 Å². The van der Waals surface area contributed by atoms with Crippen molar-refractivity contribution in [3.8, 4) is 0 Å². The summed E-state index contributed by atoms with van der Waals surface area (Å²) in [5, 5.41) is 7.27. The lowest BCUT2D eigenvalue weighted by Gasteiger charge is -2.10. The summed E-state index contributed by atoms with van der Waals surface area (Å²) >= 11 is 6.33. The predicted octanol–water partition coefficient (Wildman–Crippen LogP) is 1.68. The summed E-state index contributed by atoms with van der Waals surface area (Å²) in [5.74, 6) is -0.926. The third-order valence-electron chi connectivity index (χ3n) is 4.38. The highest BCUT2D eigenvalue weighted by Crippen LogP contribution is 2.30. The number of nitrogens with one attached hydrogen (secondary N) is 1. The van der Waals surface area contributed by atoms with Gasteiger partial charge in [0.1, 0.15) is 5.15 Å². The van der Waals surface area contributed by atoms with Gasteiger partial charge in [0.2, 0.25) is 0 Å². The maximum Gasteiger partial charge on any atom is 0.331 e. The number of rotatable bonds is 7. The molecule has 1 aromatic rings. The van der Waals surface area contributed by atoms with E-state index in [4.69, 9.17) is 16.3 Å². The van der Waals surface area contributed by atoms with Crippen LogP contribution in [0.1, 0.15) is 44.0 Å². The Hall–Kier alpha value is -1.87. The molecular formula is C17H24ClN3O5S. The van der Waals surface area contributed by atoms with Crippen LogP contribution < -0.4 is 5.32 Å². The topological polar surface area (TPSA) is 107 Å². The van der Waals surface area contributed by atoms with Gasteiger partial charge < -0.3 is 10.1 Å². The summed E-state index contributed by atoms with van der Waals surface area (Å²) in [5.41, 5.74) is 1.09. The van der Waals surface area contributed by atoms with E-state index in [0.717, 1.165) is 6.42 Å². The van der Waals surface area contributed by atoms with Gasteiger partial charge in [0.15, 0.2) is 16.4 Å². The van der Waals surface area contributed by atoms with Crippen LogP contribution in [0.5, 0.6) is 0 Å². The largest absolute Gasteiger partial charge is 0.452 e. The van der Waals surface area contributed by atoms with Gasteiger partial charge in [-0.05, 0) is 32.8 Å². The van der Waals surface area contributed by atoms with Crippen LogP contribution in [0.4, 0.5) is 0 Å². The highest BCUT2D eigenvalue weighted by molar-refractivity contribution is 7.91. The van der Waals surface area contributed by atoms with Gasteiger partial charge in [-0.3, -0.25) is 4.79 Å². The molecular weight excluding hydrogens is 394 g/mol. The molecule has 0 unspecified atom stereocenters. The Morgan fingerprint density at radius 2 is 2.19 bits per heavy atom. The fraction of sp³-hybridized carbons (Fsp3) is 0.588. The standard InChI is InChI=1S/C17H24ClN3O5S/c1-4-11(2)19-15(22)9-26-16(23)6-5-14-12(3)20-21(17(14)18)13-7-8-27(24,25)10-13/h5-6,11,13H,4,7-10H2,1-3H3,(H,19,22)/b6-5+/t11-,13+/m1/s1. The molecule has 1 aromatic heterocycles. The second-order valence-electron chi connectivity index (χ2n) is 6.61. The minimum Gasteiger partial charge on any atom is -0.452 e. The van der Waals surface area contributed by atoms with Crippen molar-refractivity contribution < 1.29 is 22.7 Å². The zero-order valence-corrected chi connectivity index (χ0v) is 17.1. The number of halogens is 1. The van der Waals surface area contributed by atoms with Gasteiger partial charge >= 0.3 is 5.97 Å². The number of amides is 1. The van der Waals surface area contributed by atoms with Crippen molar-refractivity contribution in [2.45, 2.75) is 45.7 Å². The van der Waals surface area contributed by atoms with E-state index in [1.165, 1.54) is 16.8 Å². The van der Waals surface area contributed by atoms with Crippen molar-refractivity contribution >= 4 is 39.4 Å². The number of sulfone groups is 1. The highest BCUT2D eigenvalue weighted by Gasteiger charge is 2.31. The van der Waals surface area contributed by atoms with Crippen LogP contribution in [0.25, 0.3) is 6.08 Å². The fourth-order valence-electron chi connectivity index (χ4n) is 2.69. The predicted molar refractivity (Wildman–Crippen MR) is 102 cm³/mol. The van der Waals surface area contributed by atoms with Crippen molar-refractivity contribution in [2.24, 2.45) is 0 Å². The summed E-state index contributed by atoms with van der Waals surface area (Å²) in [4.78, 5) is 23.4. The number of esters is 1. The molecule has 1 aliphatic rings. The molecule has 0 saturated carbocycles. The van der Waals surface area contributed by atoms with E-state index in [2.05, 4.69) is 10.4 Å². The molecule has 0 aliphatic carbocycles. The van der Waals surface area contributed by atoms with E-state index in [1.807, 2.05) is 13.8 Å². The van der Waals surface area contributed by atoms with E-state index in [-0.39, 0.29) is 41.3 Å². The number of aromatic nitrogens is 2. The van der Waals surface area contributed by atoms with E-state index in [1.54, 1.807) is 6.92 Å². The third-order valence-corrected chi connectivity index (χ3v) is 6.50. The van der Waals surface area contributed by atoms with Crippen LogP contribution in [0.2, 0.25) is 5.15 Å². The van der Waals surface area contributed by atoms with Gasteiger partial charge in [-0.2, -0.15) is 5.10 Å². The molecule has 0 radical (unpaired) electrons. The summed E-state index contributed by atoms with van der Waals surface area (Å²) < 4.78 is 29.7. The average Bonchev–Trinajstić information content (AvgIpc) is 3.10. The first-order valence-electron chi connectivity index (χ1n) is 8.72. The SMILES string of the molecule is CC[C@@H](C)NC(=O)COC(=O)/C=C/c1c(C)nn([C@H]2CCS(=O)(=O)C2)c1Cl. The van der Waals surface area contributed by atoms with E-state index < -0.39 is 15.8 Å². The number of carbonyl (C=O) groups excluding carboxylic acids is 2. The molecule has 1 saturated heterocycles. The van der Waals surface area contributed by atoms with Crippen molar-refractivity contribution in [1.29, 1.82) is 0 Å². The molecule has 150 valence electrons. The number of ether oxygens (including phenoxy) is 1. The van der Waals surface area contributed by atoms with Crippen molar-refractivity contribution in [2.75, 3.05) is 18.1 Å². The van der Waals surface area contributed by atoms with Crippen LogP contribution in [0.15, 0.2) is 6.08 Å². The second kappa shape index (κ2) is 8.88. The van der Waals surface area contributed by atoms with Crippen molar-refractivity contribution in [1.82, 2.24) is 15.1 Å². The highest BCUT2D eigenvalue weighted by atomic mass is 35.5. The molecule has 27 heavy (non-hydrogen) atoms.